The molecule has 0 heterocycles. The first-order chi connectivity index (χ1) is 19.7. The first-order valence-electron chi connectivity index (χ1n) is 14.0. The van der Waals surface area contributed by atoms with Crippen LogP contribution in [0.1, 0.15) is 65.2 Å². The minimum absolute atomic E-state index is 0.178. The number of nitrogens with zero attached hydrogens (tertiary/aromatic N) is 3. The van der Waals surface area contributed by atoms with Gasteiger partial charge in [-0.3, -0.25) is 19.2 Å². The van der Waals surface area contributed by atoms with Crippen LogP contribution >= 0.6 is 0 Å². The van der Waals surface area contributed by atoms with Crippen LogP contribution in [-0.4, -0.2) is 36.7 Å². The van der Waals surface area contributed by atoms with Gasteiger partial charge in [-0.1, -0.05) is 56.3 Å². The molecular weight excluding hydrogens is 518 g/mol. The van der Waals surface area contributed by atoms with Crippen LogP contribution in [0.5, 0.6) is 0 Å². The number of rotatable bonds is 17. The van der Waals surface area contributed by atoms with Gasteiger partial charge in [0.2, 0.25) is 23.6 Å². The topological polar surface area (TPSA) is 120 Å². The molecule has 0 atom stereocenters. The number of hydrogen-bond acceptors (Lipinski definition) is 6. The molecular formula is C32H41N5O4. The van der Waals surface area contributed by atoms with E-state index in [4.69, 9.17) is 0 Å². The molecule has 0 aliphatic rings. The van der Waals surface area contributed by atoms with Gasteiger partial charge < -0.3 is 10.6 Å². The molecule has 0 aliphatic heterocycles. The van der Waals surface area contributed by atoms with E-state index in [1.807, 2.05) is 30.3 Å². The van der Waals surface area contributed by atoms with Gasteiger partial charge >= 0.3 is 0 Å². The number of hydrogen-bond donors (Lipinski definition) is 2. The van der Waals surface area contributed by atoms with Crippen LogP contribution in [0, 0.1) is 0 Å². The number of azo groups is 1. The summed E-state index contributed by atoms with van der Waals surface area (Å²) in [7, 11) is 0. The Morgan fingerprint density at radius 2 is 1.15 bits per heavy atom. The maximum atomic E-state index is 13.4. The molecule has 2 aromatic carbocycles. The summed E-state index contributed by atoms with van der Waals surface area (Å²) in [6.45, 7) is 11.5. The zero-order valence-electron chi connectivity index (χ0n) is 24.2. The average molecular weight is 560 g/mol. The second-order valence-corrected chi connectivity index (χ2v) is 9.84. The number of nitrogens with one attached hydrogen (secondary N) is 2. The molecule has 2 rings (SSSR count). The Labute approximate surface area is 242 Å². The van der Waals surface area contributed by atoms with Crippen LogP contribution in [-0.2, 0) is 19.2 Å². The van der Waals surface area contributed by atoms with Gasteiger partial charge in [0.1, 0.15) is 5.69 Å². The molecule has 2 N–H and O–H groups in total. The molecule has 0 unspecified atom stereocenters. The molecule has 2 aromatic rings. The van der Waals surface area contributed by atoms with E-state index in [9.17, 15) is 19.2 Å². The summed E-state index contributed by atoms with van der Waals surface area (Å²) < 4.78 is 0. The standard InChI is InChI=1S/C32H41N5O4/c1-24(2)31(40)33-22-14-6-10-20-29(38)37(30(39)21-11-7-15-23-34-32(41)25(3)4)28-19-13-12-18-27(28)36-35-26-16-8-5-9-17-26/h5,8-9,12-13,16-19H,1,3,6-7,10-11,14-15,20-23H2,2,4H3,(H,33,40)(H,34,41). The van der Waals surface area contributed by atoms with Gasteiger partial charge in [0, 0.05) is 37.1 Å². The Hall–Kier alpha value is -4.40. The Kier molecular flexibility index (Phi) is 14.4. The maximum Gasteiger partial charge on any atom is 0.246 e. The summed E-state index contributed by atoms with van der Waals surface area (Å²) in [5.41, 5.74) is 2.37. The fourth-order valence-electron chi connectivity index (χ4n) is 3.84. The molecule has 9 heteroatoms. The Balaban J connectivity index is 2.06. The van der Waals surface area contributed by atoms with Gasteiger partial charge in [0.15, 0.2) is 0 Å². The van der Waals surface area contributed by atoms with E-state index in [-0.39, 0.29) is 36.5 Å². The number of imide groups is 1. The first-order valence-corrected chi connectivity index (χ1v) is 14.0. The van der Waals surface area contributed by atoms with E-state index in [1.54, 1.807) is 38.1 Å². The molecule has 0 saturated heterocycles. The van der Waals surface area contributed by atoms with Crippen molar-refractivity contribution in [2.75, 3.05) is 18.0 Å². The lowest BCUT2D eigenvalue weighted by Crippen LogP contribution is -2.37. The third-order valence-electron chi connectivity index (χ3n) is 6.13. The second kappa shape index (κ2) is 18.0. The SMILES string of the molecule is C=C(C)C(=O)NCCCCCC(=O)N(C(=O)CCCCCNC(=O)C(=C)C)c1ccccc1N=Nc1ccccc1. The zero-order chi connectivity index (χ0) is 30.0. The van der Waals surface area contributed by atoms with Crippen LogP contribution < -0.4 is 15.5 Å². The van der Waals surface area contributed by atoms with Crippen molar-refractivity contribution >= 4 is 40.7 Å². The van der Waals surface area contributed by atoms with Crippen LogP contribution in [0.3, 0.4) is 0 Å². The molecule has 0 radical (unpaired) electrons. The highest BCUT2D eigenvalue weighted by atomic mass is 16.2. The monoisotopic (exact) mass is 559 g/mol. The van der Waals surface area contributed by atoms with E-state index in [2.05, 4.69) is 34.0 Å². The van der Waals surface area contributed by atoms with Crippen molar-refractivity contribution in [3.05, 3.63) is 78.9 Å². The highest BCUT2D eigenvalue weighted by molar-refractivity contribution is 6.16. The second-order valence-electron chi connectivity index (χ2n) is 9.84. The van der Waals surface area contributed by atoms with E-state index in [0.717, 1.165) is 12.8 Å². The summed E-state index contributed by atoms with van der Waals surface area (Å²) in [5.74, 6) is -0.983. The van der Waals surface area contributed by atoms with Gasteiger partial charge in [-0.2, -0.15) is 5.11 Å². The van der Waals surface area contributed by atoms with Crippen molar-refractivity contribution in [1.29, 1.82) is 0 Å². The maximum absolute atomic E-state index is 13.4. The third kappa shape index (κ3) is 12.1. The molecule has 0 saturated carbocycles. The average Bonchev–Trinajstić information content (AvgIpc) is 2.96. The lowest BCUT2D eigenvalue weighted by atomic mass is 10.1. The largest absolute Gasteiger partial charge is 0.352 e. The van der Waals surface area contributed by atoms with E-state index in [0.29, 0.717) is 67.0 Å². The Bertz CT molecular complexity index is 1190. The van der Waals surface area contributed by atoms with Crippen molar-refractivity contribution in [3.63, 3.8) is 0 Å². The molecule has 0 spiro atoms. The Morgan fingerprint density at radius 1 is 0.659 bits per heavy atom. The summed E-state index contributed by atoms with van der Waals surface area (Å²) in [4.78, 5) is 51.3. The lowest BCUT2D eigenvalue weighted by molar-refractivity contribution is -0.127. The van der Waals surface area contributed by atoms with E-state index >= 15 is 0 Å². The molecule has 4 amide bonds. The molecule has 41 heavy (non-hydrogen) atoms. The van der Waals surface area contributed by atoms with E-state index in [1.165, 1.54) is 4.90 Å². The first kappa shape index (κ1) is 32.8. The van der Waals surface area contributed by atoms with Gasteiger partial charge in [0.05, 0.1) is 11.4 Å². The molecule has 9 nitrogen and oxygen atoms in total. The number of carbonyl (C=O) groups is 4. The molecule has 218 valence electrons. The predicted molar refractivity (Wildman–Crippen MR) is 162 cm³/mol. The van der Waals surface area contributed by atoms with Crippen molar-refractivity contribution in [3.8, 4) is 0 Å². The van der Waals surface area contributed by atoms with Gasteiger partial charge in [-0.25, -0.2) is 4.90 Å². The van der Waals surface area contributed by atoms with Gasteiger partial charge in [-0.05, 0) is 63.8 Å². The number of unbranched alkanes of at least 4 members (excludes halogenated alkanes) is 4. The number of benzene rings is 2. The summed E-state index contributed by atoms with van der Waals surface area (Å²) >= 11 is 0. The minimum Gasteiger partial charge on any atom is -0.352 e. The quantitative estimate of drug-likeness (QED) is 0.131. The van der Waals surface area contributed by atoms with Crippen LogP contribution in [0.4, 0.5) is 17.1 Å². The van der Waals surface area contributed by atoms with Gasteiger partial charge in [-0.15, -0.1) is 5.11 Å². The van der Waals surface area contributed by atoms with Crippen LogP contribution in [0.25, 0.3) is 0 Å². The van der Waals surface area contributed by atoms with Crippen LogP contribution in [0.15, 0.2) is 89.1 Å². The lowest BCUT2D eigenvalue weighted by Gasteiger charge is -2.22. The summed E-state index contributed by atoms with van der Waals surface area (Å²) in [6, 6.07) is 16.2. The number of amides is 4. The van der Waals surface area contributed by atoms with Crippen LogP contribution in [0.2, 0.25) is 0 Å². The number of anilines is 1. The molecule has 0 bridgehead atoms. The third-order valence-corrected chi connectivity index (χ3v) is 6.13. The normalized spacial score (nSPS) is 10.7. The smallest absolute Gasteiger partial charge is 0.246 e. The summed E-state index contributed by atoms with van der Waals surface area (Å²) in [5, 5.41) is 14.2. The fraction of sp³-hybridized carbons (Fsp3) is 0.375. The predicted octanol–water partition coefficient (Wildman–Crippen LogP) is 6.47. The van der Waals surface area contributed by atoms with E-state index < -0.39 is 0 Å². The number of carbonyl (C=O) groups excluding carboxylic acids is 4. The van der Waals surface area contributed by atoms with Gasteiger partial charge in [0.25, 0.3) is 0 Å². The summed E-state index contributed by atoms with van der Waals surface area (Å²) in [6.07, 6.45) is 4.36. The van der Waals surface area contributed by atoms with Crippen molar-refractivity contribution < 1.29 is 19.2 Å². The fourth-order valence-corrected chi connectivity index (χ4v) is 3.84. The van der Waals surface area contributed by atoms with Crippen molar-refractivity contribution in [2.24, 2.45) is 10.2 Å². The molecule has 0 aromatic heterocycles. The number of para-hydroxylation sites is 1. The highest BCUT2D eigenvalue weighted by Gasteiger charge is 2.25. The highest BCUT2D eigenvalue weighted by Crippen LogP contribution is 2.31. The Morgan fingerprint density at radius 3 is 1.66 bits per heavy atom. The minimum atomic E-state index is -0.308. The zero-order valence-corrected chi connectivity index (χ0v) is 24.2. The molecule has 0 aliphatic carbocycles. The molecule has 0 fully saturated rings. The van der Waals surface area contributed by atoms with Crippen molar-refractivity contribution in [1.82, 2.24) is 10.6 Å². The van der Waals surface area contributed by atoms with Crippen molar-refractivity contribution in [2.45, 2.75) is 65.2 Å².